The van der Waals surface area contributed by atoms with Gasteiger partial charge in [-0.05, 0) is 12.8 Å². The maximum absolute atomic E-state index is 5.91. The lowest BCUT2D eigenvalue weighted by Crippen LogP contribution is -2.01. The van der Waals surface area contributed by atoms with E-state index < -0.39 is 0 Å². The maximum Gasteiger partial charge on any atom is 0.248 e. The molecule has 98 valence electrons. The number of nitrogens with zero attached hydrogens (tertiary/aromatic N) is 5. The molecule has 0 aliphatic heterocycles. The molecule has 0 amide bonds. The number of hydrogen-bond acceptors (Lipinski definition) is 5. The Labute approximate surface area is 110 Å². The predicted octanol–water partition coefficient (Wildman–Crippen LogP) is 2.21. The molecular weight excluding hydrogens is 254 g/mol. The van der Waals surface area contributed by atoms with Gasteiger partial charge in [-0.25, -0.2) is 4.68 Å². The first-order valence-corrected chi connectivity index (χ1v) is 6.33. The van der Waals surface area contributed by atoms with Crippen LogP contribution in [0.4, 0.5) is 0 Å². The fourth-order valence-corrected chi connectivity index (χ4v) is 1.61. The minimum absolute atomic E-state index is 0.155. The molecule has 2 aromatic rings. The average Bonchev–Trinajstić information content (AvgIpc) is 2.88. The Bertz CT molecular complexity index is 505. The van der Waals surface area contributed by atoms with E-state index >= 15 is 0 Å². The summed E-state index contributed by atoms with van der Waals surface area (Å²) in [6, 6.07) is 0. The zero-order valence-electron chi connectivity index (χ0n) is 10.7. The van der Waals surface area contributed by atoms with Crippen molar-refractivity contribution in [1.29, 1.82) is 0 Å². The summed E-state index contributed by atoms with van der Waals surface area (Å²) in [7, 11) is 0. The summed E-state index contributed by atoms with van der Waals surface area (Å²) in [6.07, 6.45) is 2.59. The number of hydrogen-bond donors (Lipinski definition) is 0. The molecule has 0 bridgehead atoms. The Morgan fingerprint density at radius 2 is 2.17 bits per heavy atom. The molecular formula is C11H16ClN5O. The van der Waals surface area contributed by atoms with Gasteiger partial charge < -0.3 is 4.52 Å². The smallest absolute Gasteiger partial charge is 0.248 e. The van der Waals surface area contributed by atoms with Crippen LogP contribution in [0, 0.1) is 5.92 Å². The van der Waals surface area contributed by atoms with Crippen LogP contribution in [-0.2, 0) is 13.0 Å². The molecule has 0 aliphatic carbocycles. The summed E-state index contributed by atoms with van der Waals surface area (Å²) in [5, 5.41) is 11.7. The molecule has 0 radical (unpaired) electrons. The quantitative estimate of drug-likeness (QED) is 0.779. The Morgan fingerprint density at radius 1 is 1.39 bits per heavy atom. The normalized spacial score (nSPS) is 13.2. The van der Waals surface area contributed by atoms with E-state index in [9.17, 15) is 0 Å². The van der Waals surface area contributed by atoms with E-state index in [2.05, 4.69) is 34.3 Å². The second-order valence-electron chi connectivity index (χ2n) is 4.66. The van der Waals surface area contributed by atoms with Gasteiger partial charge in [0.15, 0.2) is 5.82 Å². The van der Waals surface area contributed by atoms with Gasteiger partial charge in [0, 0.05) is 6.42 Å². The van der Waals surface area contributed by atoms with Gasteiger partial charge in [0.05, 0.1) is 11.6 Å². The predicted molar refractivity (Wildman–Crippen MR) is 66.2 cm³/mol. The minimum Gasteiger partial charge on any atom is -0.337 e. The number of halogens is 1. The minimum atomic E-state index is -0.155. The summed E-state index contributed by atoms with van der Waals surface area (Å²) >= 11 is 5.91. The molecule has 2 aromatic heterocycles. The molecule has 0 saturated carbocycles. The van der Waals surface area contributed by atoms with E-state index in [1.54, 1.807) is 10.9 Å². The molecule has 0 aromatic carbocycles. The van der Waals surface area contributed by atoms with Crippen LogP contribution in [0.25, 0.3) is 0 Å². The Kier molecular flexibility index (Phi) is 3.96. The zero-order chi connectivity index (χ0) is 13.1. The largest absolute Gasteiger partial charge is 0.337 e. The van der Waals surface area contributed by atoms with Gasteiger partial charge in [-0.15, -0.1) is 16.7 Å². The van der Waals surface area contributed by atoms with Crippen molar-refractivity contribution in [1.82, 2.24) is 25.1 Å². The van der Waals surface area contributed by atoms with Gasteiger partial charge in [0.2, 0.25) is 5.89 Å². The summed E-state index contributed by atoms with van der Waals surface area (Å²) in [6.45, 7) is 6.49. The molecule has 0 N–H and O–H groups in total. The lowest BCUT2D eigenvalue weighted by molar-refractivity contribution is 0.358. The number of rotatable bonds is 5. The highest BCUT2D eigenvalue weighted by atomic mass is 35.5. The van der Waals surface area contributed by atoms with Crippen LogP contribution in [0.5, 0.6) is 0 Å². The fourth-order valence-electron chi connectivity index (χ4n) is 1.51. The van der Waals surface area contributed by atoms with E-state index in [0.717, 1.165) is 17.9 Å². The first kappa shape index (κ1) is 13.0. The molecule has 2 heterocycles. The Morgan fingerprint density at radius 3 is 2.78 bits per heavy atom. The van der Waals surface area contributed by atoms with Crippen LogP contribution < -0.4 is 0 Å². The molecule has 2 rings (SSSR count). The van der Waals surface area contributed by atoms with Gasteiger partial charge in [0.25, 0.3) is 0 Å². The SMILES string of the molecule is CC(C)Cc1noc(Cn2cc(C(C)Cl)nn2)n1. The molecule has 18 heavy (non-hydrogen) atoms. The van der Waals surface area contributed by atoms with Crippen molar-refractivity contribution >= 4 is 11.6 Å². The maximum atomic E-state index is 5.91. The molecule has 0 fully saturated rings. The Balaban J connectivity index is 2.02. The molecule has 0 saturated heterocycles. The fraction of sp³-hybridized carbons (Fsp3) is 0.636. The van der Waals surface area contributed by atoms with Crippen LogP contribution in [0.3, 0.4) is 0 Å². The monoisotopic (exact) mass is 269 g/mol. The Hall–Kier alpha value is -1.43. The highest BCUT2D eigenvalue weighted by Gasteiger charge is 2.11. The molecule has 1 atom stereocenters. The molecule has 7 heteroatoms. The van der Waals surface area contributed by atoms with E-state index in [1.165, 1.54) is 0 Å². The van der Waals surface area contributed by atoms with Crippen molar-refractivity contribution in [3.63, 3.8) is 0 Å². The third kappa shape index (κ3) is 3.29. The number of alkyl halides is 1. The first-order valence-electron chi connectivity index (χ1n) is 5.90. The van der Waals surface area contributed by atoms with Crippen LogP contribution in [0.1, 0.15) is 43.6 Å². The van der Waals surface area contributed by atoms with E-state index in [-0.39, 0.29) is 5.38 Å². The van der Waals surface area contributed by atoms with E-state index in [4.69, 9.17) is 16.1 Å². The van der Waals surface area contributed by atoms with Gasteiger partial charge in [0.1, 0.15) is 12.2 Å². The van der Waals surface area contributed by atoms with Gasteiger partial charge >= 0.3 is 0 Å². The third-order valence-corrected chi connectivity index (χ3v) is 2.59. The number of aromatic nitrogens is 5. The van der Waals surface area contributed by atoms with Crippen LogP contribution in [-0.4, -0.2) is 25.1 Å². The lowest BCUT2D eigenvalue weighted by atomic mass is 10.1. The summed E-state index contributed by atoms with van der Waals surface area (Å²) in [5.74, 6) is 1.76. The average molecular weight is 270 g/mol. The molecule has 6 nitrogen and oxygen atoms in total. The molecule has 0 aliphatic rings. The van der Waals surface area contributed by atoms with Crippen molar-refractivity contribution in [2.24, 2.45) is 5.92 Å². The molecule has 1 unspecified atom stereocenters. The molecule has 0 spiro atoms. The zero-order valence-corrected chi connectivity index (χ0v) is 11.4. The first-order chi connectivity index (χ1) is 8.54. The van der Waals surface area contributed by atoms with Crippen molar-refractivity contribution in [3.8, 4) is 0 Å². The van der Waals surface area contributed by atoms with Crippen molar-refractivity contribution in [2.45, 2.75) is 39.1 Å². The second-order valence-corrected chi connectivity index (χ2v) is 5.31. The third-order valence-electron chi connectivity index (χ3n) is 2.36. The van der Waals surface area contributed by atoms with Gasteiger partial charge in [-0.1, -0.05) is 24.2 Å². The van der Waals surface area contributed by atoms with Gasteiger partial charge in [-0.3, -0.25) is 0 Å². The van der Waals surface area contributed by atoms with E-state index in [1.807, 2.05) is 6.92 Å². The van der Waals surface area contributed by atoms with Crippen molar-refractivity contribution in [3.05, 3.63) is 23.6 Å². The van der Waals surface area contributed by atoms with E-state index in [0.29, 0.717) is 18.4 Å². The summed E-state index contributed by atoms with van der Waals surface area (Å²) in [4.78, 5) is 4.30. The van der Waals surface area contributed by atoms with Crippen LogP contribution >= 0.6 is 11.6 Å². The van der Waals surface area contributed by atoms with Crippen LogP contribution in [0.15, 0.2) is 10.7 Å². The highest BCUT2D eigenvalue weighted by Crippen LogP contribution is 2.15. The van der Waals surface area contributed by atoms with Crippen LogP contribution in [0.2, 0.25) is 0 Å². The second kappa shape index (κ2) is 5.48. The standard InChI is InChI=1S/C11H16ClN5O/c1-7(2)4-10-13-11(18-15-10)6-17-5-9(8(3)12)14-16-17/h5,7-8H,4,6H2,1-3H3. The lowest BCUT2D eigenvalue weighted by Gasteiger charge is -1.96. The van der Waals surface area contributed by atoms with Crippen molar-refractivity contribution in [2.75, 3.05) is 0 Å². The van der Waals surface area contributed by atoms with Gasteiger partial charge in [-0.2, -0.15) is 4.98 Å². The summed E-state index contributed by atoms with van der Waals surface area (Å²) < 4.78 is 6.80. The topological polar surface area (TPSA) is 69.6 Å². The van der Waals surface area contributed by atoms with Crippen molar-refractivity contribution < 1.29 is 4.52 Å². The highest BCUT2D eigenvalue weighted by molar-refractivity contribution is 6.20. The summed E-state index contributed by atoms with van der Waals surface area (Å²) in [5.41, 5.74) is 0.735.